The Labute approximate surface area is 72.8 Å². The van der Waals surface area contributed by atoms with Crippen molar-refractivity contribution in [2.75, 3.05) is 19.3 Å². The average molecular weight is 190 g/mol. The van der Waals surface area contributed by atoms with E-state index in [1.54, 1.807) is 4.31 Å². The maximum Gasteiger partial charge on any atom is 0.211 e. The van der Waals surface area contributed by atoms with E-state index in [-0.39, 0.29) is 11.5 Å². The highest BCUT2D eigenvalue weighted by atomic mass is 32.2. The fraction of sp³-hybridized carbons (Fsp3) is 1.00. The number of hydrogen-bond acceptors (Lipinski definition) is 3. The van der Waals surface area contributed by atoms with Crippen LogP contribution in [0.25, 0.3) is 0 Å². The SMILES string of the molecule is CS(=O)(=O)N1CCC2(CC2N)C1. The van der Waals surface area contributed by atoms with Gasteiger partial charge in [-0.3, -0.25) is 0 Å². The van der Waals surface area contributed by atoms with Crippen molar-refractivity contribution >= 4 is 10.0 Å². The van der Waals surface area contributed by atoms with Gasteiger partial charge in [-0.2, -0.15) is 0 Å². The highest BCUT2D eigenvalue weighted by Gasteiger charge is 2.56. The van der Waals surface area contributed by atoms with Gasteiger partial charge in [-0.05, 0) is 12.8 Å². The summed E-state index contributed by atoms with van der Waals surface area (Å²) in [5.41, 5.74) is 5.90. The molecule has 2 unspecified atom stereocenters. The Morgan fingerprint density at radius 2 is 2.17 bits per heavy atom. The Hall–Kier alpha value is -0.130. The van der Waals surface area contributed by atoms with Gasteiger partial charge in [-0.15, -0.1) is 0 Å². The molecule has 70 valence electrons. The van der Waals surface area contributed by atoms with Gasteiger partial charge in [0.15, 0.2) is 0 Å². The molecule has 0 radical (unpaired) electrons. The molecule has 12 heavy (non-hydrogen) atoms. The summed E-state index contributed by atoms with van der Waals surface area (Å²) in [6.07, 6.45) is 3.21. The predicted octanol–water partition coefficient (Wildman–Crippen LogP) is -0.631. The lowest BCUT2D eigenvalue weighted by Gasteiger charge is -2.12. The Morgan fingerprint density at radius 3 is 2.42 bits per heavy atom. The quantitative estimate of drug-likeness (QED) is 0.598. The van der Waals surface area contributed by atoms with Crippen LogP contribution in [0, 0.1) is 5.41 Å². The fourth-order valence-corrected chi connectivity index (χ4v) is 2.90. The minimum atomic E-state index is -2.98. The number of sulfonamides is 1. The van der Waals surface area contributed by atoms with Crippen LogP contribution < -0.4 is 5.73 Å². The smallest absolute Gasteiger partial charge is 0.211 e. The standard InChI is InChI=1S/C7H14N2O2S/c1-12(10,11)9-3-2-7(5-9)4-6(7)8/h6H,2-5,8H2,1H3. The van der Waals surface area contributed by atoms with Gasteiger partial charge in [0.1, 0.15) is 0 Å². The third-order valence-corrected chi connectivity index (χ3v) is 4.32. The first-order chi connectivity index (χ1) is 5.44. The van der Waals surface area contributed by atoms with E-state index in [9.17, 15) is 8.42 Å². The minimum Gasteiger partial charge on any atom is -0.327 e. The first-order valence-corrected chi connectivity index (χ1v) is 6.00. The molecule has 0 aromatic heterocycles. The summed E-state index contributed by atoms with van der Waals surface area (Å²) in [4.78, 5) is 0. The second-order valence-electron chi connectivity index (χ2n) is 4.02. The number of hydrogen-bond donors (Lipinski definition) is 1. The van der Waals surface area contributed by atoms with E-state index in [1.165, 1.54) is 6.26 Å². The first-order valence-electron chi connectivity index (χ1n) is 4.15. The summed E-state index contributed by atoms with van der Waals surface area (Å²) in [7, 11) is -2.98. The Balaban J connectivity index is 2.09. The van der Waals surface area contributed by atoms with Crippen LogP contribution in [0.4, 0.5) is 0 Å². The molecular formula is C7H14N2O2S. The molecular weight excluding hydrogens is 176 g/mol. The summed E-state index contributed by atoms with van der Waals surface area (Å²) in [6.45, 7) is 1.31. The van der Waals surface area contributed by atoms with Gasteiger partial charge in [-0.1, -0.05) is 0 Å². The summed E-state index contributed by atoms with van der Waals surface area (Å²) in [5.74, 6) is 0. The maximum absolute atomic E-state index is 11.1. The molecule has 0 aromatic rings. The van der Waals surface area contributed by atoms with E-state index in [2.05, 4.69) is 0 Å². The highest BCUT2D eigenvalue weighted by Crippen LogP contribution is 2.51. The normalized spacial score (nSPS) is 42.3. The fourth-order valence-electron chi connectivity index (χ4n) is 1.99. The van der Waals surface area contributed by atoms with Crippen LogP contribution >= 0.6 is 0 Å². The van der Waals surface area contributed by atoms with Crippen molar-refractivity contribution in [3.63, 3.8) is 0 Å². The van der Waals surface area contributed by atoms with Crippen LogP contribution in [-0.2, 0) is 10.0 Å². The Bertz CT molecular complexity index is 301. The molecule has 1 saturated heterocycles. The second kappa shape index (κ2) is 2.21. The summed E-state index contributed by atoms with van der Waals surface area (Å²) >= 11 is 0. The molecule has 1 aliphatic carbocycles. The van der Waals surface area contributed by atoms with E-state index in [0.717, 1.165) is 12.8 Å². The molecule has 0 aromatic carbocycles. The summed E-state index contributed by atoms with van der Waals surface area (Å²) in [6, 6.07) is 0.240. The van der Waals surface area contributed by atoms with E-state index in [4.69, 9.17) is 5.73 Å². The van der Waals surface area contributed by atoms with Crippen LogP contribution in [0.3, 0.4) is 0 Å². The molecule has 2 fully saturated rings. The summed E-state index contributed by atoms with van der Waals surface area (Å²) < 4.78 is 23.8. The lowest BCUT2D eigenvalue weighted by atomic mass is 10.1. The molecule has 5 heteroatoms. The van der Waals surface area contributed by atoms with Crippen molar-refractivity contribution in [1.82, 2.24) is 4.31 Å². The number of nitrogens with two attached hydrogens (primary N) is 1. The first kappa shape index (κ1) is 8.47. The van der Waals surface area contributed by atoms with Crippen molar-refractivity contribution in [2.24, 2.45) is 11.1 Å². The van der Waals surface area contributed by atoms with E-state index < -0.39 is 10.0 Å². The lowest BCUT2D eigenvalue weighted by molar-refractivity contribution is 0.449. The van der Waals surface area contributed by atoms with Crippen LogP contribution in [0.2, 0.25) is 0 Å². The zero-order valence-electron chi connectivity index (χ0n) is 7.16. The Kier molecular flexibility index (Phi) is 1.56. The zero-order chi connectivity index (χ0) is 8.98. The van der Waals surface area contributed by atoms with Gasteiger partial charge in [0.05, 0.1) is 6.26 Å². The zero-order valence-corrected chi connectivity index (χ0v) is 7.97. The Morgan fingerprint density at radius 1 is 1.58 bits per heavy atom. The van der Waals surface area contributed by atoms with Gasteiger partial charge < -0.3 is 5.73 Å². The van der Waals surface area contributed by atoms with Crippen molar-refractivity contribution in [2.45, 2.75) is 18.9 Å². The van der Waals surface area contributed by atoms with Gasteiger partial charge >= 0.3 is 0 Å². The molecule has 4 nitrogen and oxygen atoms in total. The molecule has 1 spiro atoms. The van der Waals surface area contributed by atoms with Gasteiger partial charge in [0.2, 0.25) is 10.0 Å². The van der Waals surface area contributed by atoms with Crippen LogP contribution in [0.5, 0.6) is 0 Å². The minimum absolute atomic E-state index is 0.156. The lowest BCUT2D eigenvalue weighted by Crippen LogP contribution is -2.28. The highest BCUT2D eigenvalue weighted by molar-refractivity contribution is 7.88. The van der Waals surface area contributed by atoms with Crippen molar-refractivity contribution in [3.8, 4) is 0 Å². The van der Waals surface area contributed by atoms with E-state index >= 15 is 0 Å². The third kappa shape index (κ3) is 1.16. The van der Waals surface area contributed by atoms with Gasteiger partial charge in [0, 0.05) is 24.5 Å². The largest absolute Gasteiger partial charge is 0.327 e. The van der Waals surface area contributed by atoms with Gasteiger partial charge in [-0.25, -0.2) is 12.7 Å². The monoisotopic (exact) mass is 190 g/mol. The topological polar surface area (TPSA) is 63.4 Å². The van der Waals surface area contributed by atoms with Crippen molar-refractivity contribution in [1.29, 1.82) is 0 Å². The number of nitrogens with zero attached hydrogens (tertiary/aromatic N) is 1. The second-order valence-corrected chi connectivity index (χ2v) is 6.00. The molecule has 2 atom stereocenters. The molecule has 0 bridgehead atoms. The molecule has 1 aliphatic heterocycles. The number of rotatable bonds is 1. The van der Waals surface area contributed by atoms with Crippen LogP contribution in [0.15, 0.2) is 0 Å². The summed E-state index contributed by atoms with van der Waals surface area (Å²) in [5, 5.41) is 0. The molecule has 2 N–H and O–H groups in total. The molecule has 2 aliphatic rings. The van der Waals surface area contributed by atoms with Gasteiger partial charge in [0.25, 0.3) is 0 Å². The third-order valence-electron chi connectivity index (χ3n) is 3.07. The van der Waals surface area contributed by atoms with Crippen molar-refractivity contribution in [3.05, 3.63) is 0 Å². The molecule has 2 rings (SSSR count). The van der Waals surface area contributed by atoms with Crippen LogP contribution in [0.1, 0.15) is 12.8 Å². The maximum atomic E-state index is 11.1. The predicted molar refractivity (Wildman–Crippen MR) is 46.1 cm³/mol. The molecule has 1 saturated carbocycles. The average Bonchev–Trinajstić information content (AvgIpc) is 2.43. The molecule has 0 amide bonds. The van der Waals surface area contributed by atoms with Crippen LogP contribution in [-0.4, -0.2) is 38.1 Å². The van der Waals surface area contributed by atoms with E-state index in [0.29, 0.717) is 13.1 Å². The van der Waals surface area contributed by atoms with Crippen molar-refractivity contribution < 1.29 is 8.42 Å². The van der Waals surface area contributed by atoms with E-state index in [1.807, 2.05) is 0 Å². The molecule has 1 heterocycles.